The first-order valence-electron chi connectivity index (χ1n) is 29.4. The third-order valence-corrected chi connectivity index (χ3v) is 13.8. The fourth-order valence-electron chi connectivity index (χ4n) is 9.28. The van der Waals surface area contributed by atoms with Crippen molar-refractivity contribution in [2.75, 3.05) is 13.2 Å². The lowest BCUT2D eigenvalue weighted by molar-refractivity contribution is -0.143. The van der Waals surface area contributed by atoms with Gasteiger partial charge in [0.15, 0.2) is 0 Å². The summed E-state index contributed by atoms with van der Waals surface area (Å²) in [5.41, 5.74) is 0. The number of allylic oxidation sites excluding steroid dienone is 2. The van der Waals surface area contributed by atoms with E-state index in [1.807, 2.05) is 0 Å². The zero-order valence-corrected chi connectivity index (χ0v) is 44.0. The first-order chi connectivity index (χ1) is 32.0. The number of unbranched alkanes of at least 4 members (excludes halogenated alkanes) is 42. The number of aliphatic hydroxyl groups is 2. The zero-order valence-electron chi connectivity index (χ0n) is 44.0. The second-order valence-corrected chi connectivity index (χ2v) is 20.3. The Morgan fingerprint density at radius 2 is 0.723 bits per heavy atom. The third kappa shape index (κ3) is 51.8. The minimum absolute atomic E-state index is 0.00789. The number of esters is 1. The molecule has 0 aromatic carbocycles. The van der Waals surface area contributed by atoms with Crippen molar-refractivity contribution in [3.63, 3.8) is 0 Å². The molecule has 0 fully saturated rings. The normalized spacial score (nSPS) is 12.6. The molecular weight excluding hydrogens is 803 g/mol. The molecule has 0 aliphatic rings. The number of carbonyl (C=O) groups is 2. The van der Waals surface area contributed by atoms with Gasteiger partial charge in [-0.05, 0) is 51.4 Å². The number of aliphatic hydroxyl groups excluding tert-OH is 2. The highest BCUT2D eigenvalue weighted by Gasteiger charge is 2.20. The summed E-state index contributed by atoms with van der Waals surface area (Å²) in [4.78, 5) is 24.5. The third-order valence-electron chi connectivity index (χ3n) is 13.8. The van der Waals surface area contributed by atoms with E-state index in [0.717, 1.165) is 38.5 Å². The summed E-state index contributed by atoms with van der Waals surface area (Å²) in [6, 6.07) is -0.547. The van der Waals surface area contributed by atoms with Crippen molar-refractivity contribution in [3.8, 4) is 0 Å². The molecule has 0 rings (SSSR count). The average molecular weight is 919 g/mol. The smallest absolute Gasteiger partial charge is 0.305 e. The first kappa shape index (κ1) is 63.6. The summed E-state index contributed by atoms with van der Waals surface area (Å²) < 4.78 is 5.48. The molecule has 0 spiro atoms. The first-order valence-corrected chi connectivity index (χ1v) is 29.4. The van der Waals surface area contributed by atoms with Gasteiger partial charge in [-0.2, -0.15) is 0 Å². The van der Waals surface area contributed by atoms with Gasteiger partial charge in [0, 0.05) is 12.8 Å². The number of ether oxygens (including phenoxy) is 1. The average Bonchev–Trinajstić information content (AvgIpc) is 3.31. The van der Waals surface area contributed by atoms with Crippen molar-refractivity contribution in [3.05, 3.63) is 12.2 Å². The Hall–Kier alpha value is -1.40. The number of carbonyl (C=O) groups excluding carboxylic acids is 2. The van der Waals surface area contributed by atoms with Crippen LogP contribution < -0.4 is 5.32 Å². The van der Waals surface area contributed by atoms with Crippen LogP contribution >= 0.6 is 0 Å². The number of rotatable bonds is 55. The maximum absolute atomic E-state index is 12.5. The lowest BCUT2D eigenvalue weighted by Crippen LogP contribution is -2.45. The van der Waals surface area contributed by atoms with Crippen LogP contribution in [0, 0.1) is 0 Å². The molecule has 0 saturated carbocycles. The number of hydrogen-bond acceptors (Lipinski definition) is 5. The van der Waals surface area contributed by atoms with Crippen LogP contribution in [0.15, 0.2) is 12.2 Å². The van der Waals surface area contributed by atoms with Gasteiger partial charge in [0.2, 0.25) is 5.91 Å². The van der Waals surface area contributed by atoms with E-state index in [9.17, 15) is 19.8 Å². The highest BCUT2D eigenvalue weighted by atomic mass is 16.5. The Bertz CT molecular complexity index is 970. The van der Waals surface area contributed by atoms with Gasteiger partial charge in [0.1, 0.15) is 0 Å². The lowest BCUT2D eigenvalue weighted by atomic mass is 10.0. The van der Waals surface area contributed by atoms with Crippen LogP contribution in [0.2, 0.25) is 0 Å². The minimum atomic E-state index is -0.669. The van der Waals surface area contributed by atoms with E-state index in [4.69, 9.17) is 4.74 Å². The molecule has 2 atom stereocenters. The molecule has 0 radical (unpaired) electrons. The van der Waals surface area contributed by atoms with Gasteiger partial charge < -0.3 is 20.3 Å². The SMILES string of the molecule is CCCCCCCCCCCCCCCCCCC(=O)OCCCCCCCCCC/C=C\CCCCCCCCCC(=O)NC(CO)C(O)CCCCCCCCCCCCCCC. The summed E-state index contributed by atoms with van der Waals surface area (Å²) in [7, 11) is 0. The van der Waals surface area contributed by atoms with E-state index in [0.29, 0.717) is 25.9 Å². The highest BCUT2D eigenvalue weighted by Crippen LogP contribution is 2.17. The largest absolute Gasteiger partial charge is 0.466 e. The summed E-state index contributed by atoms with van der Waals surface area (Å²) in [6.07, 6.45) is 64.9. The second kappa shape index (κ2) is 55.2. The molecule has 0 saturated heterocycles. The molecule has 0 aromatic heterocycles. The predicted octanol–water partition coefficient (Wildman–Crippen LogP) is 18.1. The van der Waals surface area contributed by atoms with Gasteiger partial charge in [0.25, 0.3) is 0 Å². The monoisotopic (exact) mass is 918 g/mol. The number of hydrogen-bond donors (Lipinski definition) is 3. The molecular formula is C59H115NO5. The van der Waals surface area contributed by atoms with Gasteiger partial charge in [-0.1, -0.05) is 276 Å². The van der Waals surface area contributed by atoms with Crippen molar-refractivity contribution in [2.24, 2.45) is 0 Å². The molecule has 6 nitrogen and oxygen atoms in total. The molecule has 6 heteroatoms. The molecule has 0 aliphatic carbocycles. The van der Waals surface area contributed by atoms with Crippen molar-refractivity contribution >= 4 is 11.9 Å². The molecule has 386 valence electrons. The second-order valence-electron chi connectivity index (χ2n) is 20.3. The van der Waals surface area contributed by atoms with Gasteiger partial charge in [-0.15, -0.1) is 0 Å². The van der Waals surface area contributed by atoms with E-state index in [2.05, 4.69) is 31.3 Å². The summed E-state index contributed by atoms with van der Waals surface area (Å²) in [5, 5.41) is 23.2. The van der Waals surface area contributed by atoms with Gasteiger partial charge in [-0.25, -0.2) is 0 Å². The van der Waals surface area contributed by atoms with Crippen LogP contribution in [0.3, 0.4) is 0 Å². The van der Waals surface area contributed by atoms with Crippen molar-refractivity contribution in [1.82, 2.24) is 5.32 Å². The maximum Gasteiger partial charge on any atom is 0.305 e. The topological polar surface area (TPSA) is 95.9 Å². The van der Waals surface area contributed by atoms with Crippen molar-refractivity contribution in [1.29, 1.82) is 0 Å². The highest BCUT2D eigenvalue weighted by molar-refractivity contribution is 5.76. The van der Waals surface area contributed by atoms with Crippen LogP contribution in [0.1, 0.15) is 328 Å². The van der Waals surface area contributed by atoms with E-state index in [1.165, 1.54) is 257 Å². The van der Waals surface area contributed by atoms with Crippen LogP contribution in [-0.4, -0.2) is 47.4 Å². The van der Waals surface area contributed by atoms with Crippen LogP contribution in [0.25, 0.3) is 0 Å². The van der Waals surface area contributed by atoms with Crippen molar-refractivity contribution < 1.29 is 24.5 Å². The summed E-state index contributed by atoms with van der Waals surface area (Å²) in [5.74, 6) is -0.0355. The number of amides is 1. The molecule has 0 heterocycles. The van der Waals surface area contributed by atoms with Crippen LogP contribution in [0.5, 0.6) is 0 Å². The van der Waals surface area contributed by atoms with Gasteiger partial charge in [-0.3, -0.25) is 9.59 Å². The summed E-state index contributed by atoms with van der Waals surface area (Å²) >= 11 is 0. The standard InChI is InChI=1S/C59H115NO5/c1-3-5-7-9-11-13-15-17-18-25-29-33-37-41-45-49-53-59(64)65-54-50-46-42-38-34-30-26-23-21-19-20-22-24-28-32-36-40-44-48-52-58(63)60-56(55-61)57(62)51-47-43-39-35-31-27-16-14-12-10-8-6-4-2/h19-20,56-57,61-62H,3-18,21-55H2,1-2H3,(H,60,63)/b20-19-. The molecule has 3 N–H and O–H groups in total. The van der Waals surface area contributed by atoms with E-state index >= 15 is 0 Å². The van der Waals surface area contributed by atoms with Gasteiger partial charge >= 0.3 is 5.97 Å². The molecule has 0 aromatic rings. The fourth-order valence-corrected chi connectivity index (χ4v) is 9.28. The Labute approximate surface area is 406 Å². The predicted molar refractivity (Wildman–Crippen MR) is 283 cm³/mol. The maximum atomic E-state index is 12.5. The Balaban J connectivity index is 3.41. The van der Waals surface area contributed by atoms with E-state index in [-0.39, 0.29) is 18.5 Å². The Kier molecular flexibility index (Phi) is 54.0. The molecule has 0 aliphatic heterocycles. The van der Waals surface area contributed by atoms with Gasteiger partial charge in [0.05, 0.1) is 25.4 Å². The Morgan fingerprint density at radius 1 is 0.415 bits per heavy atom. The van der Waals surface area contributed by atoms with E-state index < -0.39 is 12.1 Å². The fraction of sp³-hybridized carbons (Fsp3) is 0.932. The molecule has 1 amide bonds. The van der Waals surface area contributed by atoms with Crippen LogP contribution in [0.4, 0.5) is 0 Å². The molecule has 0 bridgehead atoms. The molecule has 2 unspecified atom stereocenters. The minimum Gasteiger partial charge on any atom is -0.466 e. The quantitative estimate of drug-likeness (QED) is 0.0321. The Morgan fingerprint density at radius 3 is 1.09 bits per heavy atom. The summed E-state index contributed by atoms with van der Waals surface area (Å²) in [6.45, 7) is 4.96. The lowest BCUT2D eigenvalue weighted by Gasteiger charge is -2.22. The van der Waals surface area contributed by atoms with E-state index in [1.54, 1.807) is 0 Å². The van der Waals surface area contributed by atoms with Crippen molar-refractivity contribution in [2.45, 2.75) is 341 Å². The zero-order chi connectivity index (χ0) is 47.2. The molecule has 65 heavy (non-hydrogen) atoms. The number of nitrogens with one attached hydrogen (secondary N) is 1. The van der Waals surface area contributed by atoms with Crippen LogP contribution in [-0.2, 0) is 14.3 Å².